The Morgan fingerprint density at radius 2 is 1.94 bits per heavy atom. The summed E-state index contributed by atoms with van der Waals surface area (Å²) in [6.45, 7) is 8.31. The predicted molar refractivity (Wildman–Crippen MR) is 75.3 cm³/mol. The first kappa shape index (κ1) is 15.0. The highest BCUT2D eigenvalue weighted by atomic mass is 32.2. The van der Waals surface area contributed by atoms with E-state index >= 15 is 0 Å². The molecule has 0 radical (unpaired) electrons. The molecule has 0 saturated heterocycles. The summed E-state index contributed by atoms with van der Waals surface area (Å²) in [6, 6.07) is 0.385. The fourth-order valence-electron chi connectivity index (χ4n) is 1.11. The first-order valence-corrected chi connectivity index (χ1v) is 7.27. The van der Waals surface area contributed by atoms with Gasteiger partial charge in [-0.05, 0) is 19.8 Å². The molecule has 1 unspecified atom stereocenters. The van der Waals surface area contributed by atoms with Crippen molar-refractivity contribution in [2.75, 3.05) is 18.1 Å². The maximum atomic E-state index is 5.51. The van der Waals surface area contributed by atoms with Crippen LogP contribution in [-0.2, 0) is 0 Å². The van der Waals surface area contributed by atoms with Gasteiger partial charge in [-0.25, -0.2) is 0 Å². The summed E-state index contributed by atoms with van der Waals surface area (Å²) in [5, 5.41) is 3.64. The van der Waals surface area contributed by atoms with E-state index in [9.17, 15) is 0 Å². The number of hydrogen-bond acceptors (Lipinski definition) is 6. The van der Waals surface area contributed by atoms with Gasteiger partial charge in [0.25, 0.3) is 0 Å². The van der Waals surface area contributed by atoms with Gasteiger partial charge in [0.15, 0.2) is 5.16 Å². The largest absolute Gasteiger partial charge is 0.461 e. The number of nitrogens with zero attached hydrogens (tertiary/aromatic N) is 3. The summed E-state index contributed by atoms with van der Waals surface area (Å²) in [5.41, 5.74) is 0. The number of rotatable bonds is 7. The van der Waals surface area contributed by atoms with Crippen LogP contribution in [0.15, 0.2) is 5.16 Å². The average Bonchev–Trinajstić information content (AvgIpc) is 2.34. The maximum Gasteiger partial charge on any atom is 0.322 e. The Hall–Kier alpha value is -1.04. The van der Waals surface area contributed by atoms with Crippen molar-refractivity contribution in [3.63, 3.8) is 0 Å². The predicted octanol–water partition coefficient (Wildman–Crippen LogP) is 2.84. The Morgan fingerprint density at radius 3 is 2.50 bits per heavy atom. The van der Waals surface area contributed by atoms with E-state index in [-0.39, 0.29) is 6.10 Å². The maximum absolute atomic E-state index is 5.51. The van der Waals surface area contributed by atoms with Crippen LogP contribution in [0.2, 0.25) is 0 Å². The summed E-state index contributed by atoms with van der Waals surface area (Å²) >= 11 is 1.64. The van der Waals surface area contributed by atoms with E-state index in [1.165, 1.54) is 0 Å². The lowest BCUT2D eigenvalue weighted by Gasteiger charge is -2.11. The zero-order valence-electron chi connectivity index (χ0n) is 11.7. The lowest BCUT2D eigenvalue weighted by atomic mass is 10.2. The van der Waals surface area contributed by atoms with Crippen molar-refractivity contribution in [3.8, 4) is 6.01 Å². The zero-order chi connectivity index (χ0) is 13.5. The van der Waals surface area contributed by atoms with E-state index in [1.807, 2.05) is 13.8 Å². The second-order valence-electron chi connectivity index (χ2n) is 4.47. The molecule has 1 aromatic heterocycles. The second kappa shape index (κ2) is 7.41. The quantitative estimate of drug-likeness (QED) is 0.769. The third-order valence-corrected chi connectivity index (χ3v) is 3.53. The van der Waals surface area contributed by atoms with Crippen molar-refractivity contribution in [2.45, 2.75) is 45.4 Å². The van der Waals surface area contributed by atoms with Crippen molar-refractivity contribution < 1.29 is 4.74 Å². The topological polar surface area (TPSA) is 59.9 Å². The Morgan fingerprint density at radius 1 is 1.22 bits per heavy atom. The van der Waals surface area contributed by atoms with E-state index in [0.717, 1.165) is 12.2 Å². The molecule has 5 nitrogen and oxygen atoms in total. The molecule has 0 bridgehead atoms. The van der Waals surface area contributed by atoms with E-state index in [2.05, 4.69) is 34.1 Å². The van der Waals surface area contributed by atoms with Crippen LogP contribution < -0.4 is 10.1 Å². The van der Waals surface area contributed by atoms with Gasteiger partial charge in [-0.3, -0.25) is 0 Å². The third kappa shape index (κ3) is 5.08. The van der Waals surface area contributed by atoms with Crippen LogP contribution in [0.3, 0.4) is 0 Å². The molecular weight excluding hydrogens is 248 g/mol. The molecule has 1 heterocycles. The summed E-state index contributed by atoms with van der Waals surface area (Å²) in [6.07, 6.45) is 1.22. The smallest absolute Gasteiger partial charge is 0.322 e. The summed E-state index contributed by atoms with van der Waals surface area (Å²) in [5.74, 6) is 2.21. The molecule has 0 aliphatic heterocycles. The van der Waals surface area contributed by atoms with Crippen LogP contribution in [0.5, 0.6) is 6.01 Å². The number of aromatic nitrogens is 3. The van der Waals surface area contributed by atoms with E-state index in [0.29, 0.717) is 23.0 Å². The Kier molecular flexibility index (Phi) is 6.18. The highest BCUT2D eigenvalue weighted by Gasteiger charge is 2.10. The molecule has 0 saturated carbocycles. The van der Waals surface area contributed by atoms with Crippen LogP contribution >= 0.6 is 11.8 Å². The molecule has 0 spiro atoms. The van der Waals surface area contributed by atoms with Crippen LogP contribution in [0.1, 0.15) is 34.1 Å². The van der Waals surface area contributed by atoms with Crippen molar-refractivity contribution in [2.24, 2.45) is 5.92 Å². The van der Waals surface area contributed by atoms with Gasteiger partial charge in [0.1, 0.15) is 0 Å². The van der Waals surface area contributed by atoms with Gasteiger partial charge in [0.2, 0.25) is 5.95 Å². The van der Waals surface area contributed by atoms with Crippen LogP contribution in [0, 0.1) is 5.92 Å². The Labute approximate surface area is 113 Å². The standard InChI is InChI=1S/C12H22N4OS/c1-6-9(4)7-18-12-15-10(13-5)14-11(16-12)17-8(2)3/h8-9H,6-7H2,1-5H3,(H,13,14,15,16). The van der Waals surface area contributed by atoms with Crippen molar-refractivity contribution >= 4 is 17.7 Å². The summed E-state index contributed by atoms with van der Waals surface area (Å²) in [7, 11) is 1.79. The minimum absolute atomic E-state index is 0.0597. The molecule has 0 aromatic carbocycles. The molecule has 0 aliphatic rings. The SMILES string of the molecule is CCC(C)CSc1nc(NC)nc(OC(C)C)n1. The average molecular weight is 270 g/mol. The molecule has 102 valence electrons. The molecular formula is C12H22N4OS. The number of thioether (sulfide) groups is 1. The minimum Gasteiger partial charge on any atom is -0.461 e. The van der Waals surface area contributed by atoms with Crippen molar-refractivity contribution in [3.05, 3.63) is 0 Å². The van der Waals surface area contributed by atoms with Crippen molar-refractivity contribution in [1.29, 1.82) is 0 Å². The number of anilines is 1. The molecule has 0 fully saturated rings. The van der Waals surface area contributed by atoms with Gasteiger partial charge >= 0.3 is 6.01 Å². The van der Waals surface area contributed by atoms with Gasteiger partial charge in [0.05, 0.1) is 6.10 Å². The lowest BCUT2D eigenvalue weighted by Crippen LogP contribution is -2.11. The molecule has 0 amide bonds. The Bertz CT molecular complexity index is 373. The van der Waals surface area contributed by atoms with Gasteiger partial charge in [-0.2, -0.15) is 15.0 Å². The fourth-order valence-corrected chi connectivity index (χ4v) is 2.08. The first-order valence-electron chi connectivity index (χ1n) is 6.28. The highest BCUT2D eigenvalue weighted by Crippen LogP contribution is 2.21. The van der Waals surface area contributed by atoms with Crippen LogP contribution in [-0.4, -0.2) is 33.9 Å². The third-order valence-electron chi connectivity index (χ3n) is 2.35. The van der Waals surface area contributed by atoms with E-state index < -0.39 is 0 Å². The number of nitrogens with one attached hydrogen (secondary N) is 1. The number of hydrogen-bond donors (Lipinski definition) is 1. The lowest BCUT2D eigenvalue weighted by molar-refractivity contribution is 0.219. The van der Waals surface area contributed by atoms with E-state index in [1.54, 1.807) is 18.8 Å². The zero-order valence-corrected chi connectivity index (χ0v) is 12.5. The van der Waals surface area contributed by atoms with Gasteiger partial charge in [0, 0.05) is 12.8 Å². The van der Waals surface area contributed by atoms with Crippen LogP contribution in [0.25, 0.3) is 0 Å². The van der Waals surface area contributed by atoms with Gasteiger partial charge in [-0.1, -0.05) is 32.0 Å². The number of ether oxygens (including phenoxy) is 1. The normalized spacial score (nSPS) is 12.6. The first-order chi connectivity index (χ1) is 8.55. The van der Waals surface area contributed by atoms with Crippen LogP contribution in [0.4, 0.5) is 5.95 Å². The van der Waals surface area contributed by atoms with E-state index in [4.69, 9.17) is 4.74 Å². The fraction of sp³-hybridized carbons (Fsp3) is 0.750. The molecule has 0 aliphatic carbocycles. The van der Waals surface area contributed by atoms with Crippen molar-refractivity contribution in [1.82, 2.24) is 15.0 Å². The van der Waals surface area contributed by atoms with Gasteiger partial charge in [-0.15, -0.1) is 0 Å². The highest BCUT2D eigenvalue weighted by molar-refractivity contribution is 7.99. The molecule has 1 aromatic rings. The minimum atomic E-state index is 0.0597. The Balaban J connectivity index is 2.76. The molecule has 1 atom stereocenters. The molecule has 1 rings (SSSR count). The monoisotopic (exact) mass is 270 g/mol. The second-order valence-corrected chi connectivity index (χ2v) is 5.45. The summed E-state index contributed by atoms with van der Waals surface area (Å²) in [4.78, 5) is 12.8. The van der Waals surface area contributed by atoms with Gasteiger partial charge < -0.3 is 10.1 Å². The molecule has 1 N–H and O–H groups in total. The molecule has 6 heteroatoms. The summed E-state index contributed by atoms with van der Waals surface area (Å²) < 4.78 is 5.51. The molecule has 18 heavy (non-hydrogen) atoms.